The first kappa shape index (κ1) is 19.5. The summed E-state index contributed by atoms with van der Waals surface area (Å²) >= 11 is 2.07. The van der Waals surface area contributed by atoms with Gasteiger partial charge in [-0.15, -0.1) is 11.8 Å². The van der Waals surface area contributed by atoms with Crippen molar-refractivity contribution in [2.75, 3.05) is 62.7 Å². The molecule has 0 N–H and O–H groups in total. The number of benzene rings is 2. The molecule has 2 aromatic rings. The Morgan fingerprint density at radius 1 is 0.964 bits per heavy atom. The summed E-state index contributed by atoms with van der Waals surface area (Å²) in [4.78, 5) is 9.07. The van der Waals surface area contributed by atoms with Gasteiger partial charge in [-0.2, -0.15) is 0 Å². The van der Waals surface area contributed by atoms with Gasteiger partial charge in [-0.05, 0) is 44.2 Å². The summed E-state index contributed by atoms with van der Waals surface area (Å²) in [5.41, 5.74) is 2.64. The highest BCUT2D eigenvalue weighted by atomic mass is 32.2. The van der Waals surface area contributed by atoms with Gasteiger partial charge >= 0.3 is 0 Å². The molecule has 0 amide bonds. The van der Waals surface area contributed by atoms with Gasteiger partial charge in [0.15, 0.2) is 0 Å². The topological polar surface area (TPSA) is 19.0 Å². The van der Waals surface area contributed by atoms with Crippen molar-refractivity contribution in [3.8, 4) is 5.75 Å². The molecule has 28 heavy (non-hydrogen) atoms. The Hall–Kier alpha value is -1.85. The summed E-state index contributed by atoms with van der Waals surface area (Å²) in [5, 5.41) is 0.682. The first-order valence-corrected chi connectivity index (χ1v) is 11.3. The van der Waals surface area contributed by atoms with Gasteiger partial charge in [0.1, 0.15) is 5.75 Å². The van der Waals surface area contributed by atoms with E-state index in [4.69, 9.17) is 4.74 Å². The normalized spacial score (nSPS) is 20.1. The van der Waals surface area contributed by atoms with Crippen LogP contribution in [0, 0.1) is 0 Å². The van der Waals surface area contributed by atoms with E-state index in [-0.39, 0.29) is 0 Å². The van der Waals surface area contributed by atoms with Crippen LogP contribution in [0.4, 0.5) is 11.4 Å². The van der Waals surface area contributed by atoms with E-state index in [9.17, 15) is 0 Å². The van der Waals surface area contributed by atoms with Crippen LogP contribution in [0.5, 0.6) is 5.75 Å². The van der Waals surface area contributed by atoms with Crippen molar-refractivity contribution in [1.82, 2.24) is 4.90 Å². The number of rotatable bonds is 6. The molecule has 2 aliphatic heterocycles. The van der Waals surface area contributed by atoms with Crippen LogP contribution >= 0.6 is 11.8 Å². The molecule has 1 saturated heterocycles. The number of thioether (sulfide) groups is 1. The van der Waals surface area contributed by atoms with Crippen molar-refractivity contribution in [2.45, 2.75) is 23.5 Å². The van der Waals surface area contributed by atoms with Crippen LogP contribution in [-0.2, 0) is 0 Å². The fraction of sp³-hybridized carbons (Fsp3) is 0.478. The van der Waals surface area contributed by atoms with Crippen LogP contribution in [0.2, 0.25) is 0 Å². The molecule has 5 heteroatoms. The molecule has 0 bridgehead atoms. The van der Waals surface area contributed by atoms with Gasteiger partial charge in [0.2, 0.25) is 0 Å². The lowest BCUT2D eigenvalue weighted by Crippen LogP contribution is -2.47. The van der Waals surface area contributed by atoms with Crippen molar-refractivity contribution in [1.29, 1.82) is 0 Å². The molecule has 150 valence electrons. The van der Waals surface area contributed by atoms with E-state index in [1.807, 2.05) is 6.07 Å². The predicted molar refractivity (Wildman–Crippen MR) is 120 cm³/mol. The summed E-state index contributed by atoms with van der Waals surface area (Å²) in [6.07, 6.45) is 1.25. The summed E-state index contributed by atoms with van der Waals surface area (Å²) < 4.78 is 5.54. The number of hydrogen-bond acceptors (Lipinski definition) is 5. The van der Waals surface area contributed by atoms with Crippen LogP contribution in [0.1, 0.15) is 13.3 Å². The van der Waals surface area contributed by atoms with Crippen LogP contribution < -0.4 is 14.5 Å². The highest BCUT2D eigenvalue weighted by Gasteiger charge is 2.25. The van der Waals surface area contributed by atoms with Crippen LogP contribution in [0.15, 0.2) is 53.4 Å². The fourth-order valence-electron chi connectivity index (χ4n) is 4.26. The monoisotopic (exact) mass is 397 g/mol. The Morgan fingerprint density at radius 2 is 1.68 bits per heavy atom. The molecule has 2 heterocycles. The van der Waals surface area contributed by atoms with Crippen LogP contribution in [-0.4, -0.2) is 63.1 Å². The van der Waals surface area contributed by atoms with Gasteiger partial charge < -0.3 is 14.5 Å². The van der Waals surface area contributed by atoms with E-state index in [0.717, 1.165) is 38.5 Å². The van der Waals surface area contributed by atoms with Crippen molar-refractivity contribution < 1.29 is 4.74 Å². The number of hydrogen-bond donors (Lipinski definition) is 0. The first-order valence-electron chi connectivity index (χ1n) is 10.4. The van der Waals surface area contributed by atoms with Crippen LogP contribution in [0.3, 0.4) is 0 Å². The average molecular weight is 398 g/mol. The number of piperazine rings is 1. The van der Waals surface area contributed by atoms with E-state index in [1.54, 1.807) is 7.11 Å². The molecule has 0 aromatic heterocycles. The predicted octanol–water partition coefficient (Wildman–Crippen LogP) is 4.21. The molecule has 2 aromatic carbocycles. The molecular weight excluding hydrogens is 366 g/mol. The molecule has 0 spiro atoms. The second-order valence-corrected chi connectivity index (χ2v) is 8.88. The van der Waals surface area contributed by atoms with Crippen molar-refractivity contribution in [2.24, 2.45) is 0 Å². The maximum absolute atomic E-state index is 5.54. The third-order valence-electron chi connectivity index (χ3n) is 5.87. The highest BCUT2D eigenvalue weighted by molar-refractivity contribution is 8.00. The SMILES string of the molecule is CCN1CC(CCN2CCN(c3ccccc3OC)CC2)Sc2ccccc21. The fourth-order valence-corrected chi connectivity index (χ4v) is 5.57. The van der Waals surface area contributed by atoms with Crippen molar-refractivity contribution >= 4 is 23.1 Å². The van der Waals surface area contributed by atoms with Gasteiger partial charge in [0.05, 0.1) is 18.5 Å². The maximum Gasteiger partial charge on any atom is 0.142 e. The molecule has 0 radical (unpaired) electrons. The third kappa shape index (κ3) is 4.26. The molecular formula is C23H31N3OS. The van der Waals surface area contributed by atoms with Gasteiger partial charge in [0.25, 0.3) is 0 Å². The highest BCUT2D eigenvalue weighted by Crippen LogP contribution is 2.39. The summed E-state index contributed by atoms with van der Waals surface area (Å²) in [5.74, 6) is 0.980. The van der Waals surface area contributed by atoms with Crippen LogP contribution in [0.25, 0.3) is 0 Å². The zero-order valence-corrected chi connectivity index (χ0v) is 17.8. The van der Waals surface area contributed by atoms with Crippen molar-refractivity contribution in [3.05, 3.63) is 48.5 Å². The lowest BCUT2D eigenvalue weighted by molar-refractivity contribution is 0.253. The second kappa shape index (κ2) is 9.10. The molecule has 4 rings (SSSR count). The molecule has 4 nitrogen and oxygen atoms in total. The molecule has 1 atom stereocenters. The summed E-state index contributed by atoms with van der Waals surface area (Å²) in [6, 6.07) is 17.2. The molecule has 1 fully saturated rings. The minimum atomic E-state index is 0.682. The van der Waals surface area contributed by atoms with Gasteiger partial charge in [0, 0.05) is 49.4 Å². The quantitative estimate of drug-likeness (QED) is 0.725. The standard InChI is InChI=1S/C23H31N3OS/c1-3-25-18-19(28-23-11-7-5-9-21(23)25)12-13-24-14-16-26(17-15-24)20-8-4-6-10-22(20)27-2/h4-11,19H,3,12-18H2,1-2H3. The number of anilines is 2. The minimum Gasteiger partial charge on any atom is -0.495 e. The van der Waals surface area contributed by atoms with E-state index in [2.05, 4.69) is 75.8 Å². The zero-order valence-electron chi connectivity index (χ0n) is 17.0. The Kier molecular flexibility index (Phi) is 6.33. The summed E-state index contributed by atoms with van der Waals surface area (Å²) in [7, 11) is 1.76. The Morgan fingerprint density at radius 3 is 2.43 bits per heavy atom. The summed E-state index contributed by atoms with van der Waals surface area (Å²) in [6.45, 7) is 10.1. The largest absolute Gasteiger partial charge is 0.495 e. The number of para-hydroxylation sites is 3. The molecule has 0 aliphatic carbocycles. The number of ether oxygens (including phenoxy) is 1. The molecule has 2 aliphatic rings. The minimum absolute atomic E-state index is 0.682. The Balaban J connectivity index is 1.29. The smallest absolute Gasteiger partial charge is 0.142 e. The maximum atomic E-state index is 5.54. The molecule has 0 saturated carbocycles. The number of methoxy groups -OCH3 is 1. The van der Waals surface area contributed by atoms with Gasteiger partial charge in [-0.3, -0.25) is 4.90 Å². The number of nitrogens with zero attached hydrogens (tertiary/aromatic N) is 3. The lowest BCUT2D eigenvalue weighted by atomic mass is 10.2. The van der Waals surface area contributed by atoms with Gasteiger partial charge in [-0.1, -0.05) is 24.3 Å². The van der Waals surface area contributed by atoms with E-state index >= 15 is 0 Å². The zero-order chi connectivity index (χ0) is 19.3. The van der Waals surface area contributed by atoms with Gasteiger partial charge in [-0.25, -0.2) is 0 Å². The second-order valence-electron chi connectivity index (χ2n) is 7.54. The average Bonchev–Trinajstić information content (AvgIpc) is 2.77. The lowest BCUT2D eigenvalue weighted by Gasteiger charge is -2.38. The Bertz CT molecular complexity index is 776. The third-order valence-corrected chi connectivity index (χ3v) is 7.19. The first-order chi connectivity index (χ1) is 13.8. The van der Waals surface area contributed by atoms with Crippen molar-refractivity contribution in [3.63, 3.8) is 0 Å². The Labute approximate surface area is 173 Å². The number of fused-ring (bicyclic) bond motifs is 1. The van der Waals surface area contributed by atoms with E-state index < -0.39 is 0 Å². The van der Waals surface area contributed by atoms with E-state index in [1.165, 1.54) is 35.8 Å². The van der Waals surface area contributed by atoms with E-state index in [0.29, 0.717) is 5.25 Å². The molecule has 1 unspecified atom stereocenters.